The second kappa shape index (κ2) is 5.64. The van der Waals surface area contributed by atoms with Crippen LogP contribution in [0.2, 0.25) is 0 Å². The highest BCUT2D eigenvalue weighted by Crippen LogP contribution is 2.25. The zero-order valence-electron chi connectivity index (χ0n) is 12.2. The number of aliphatic carboxylic acids is 1. The summed E-state index contributed by atoms with van der Waals surface area (Å²) in [5.41, 5.74) is -0.989. The van der Waals surface area contributed by atoms with Crippen molar-refractivity contribution in [2.45, 2.75) is 30.5 Å². The molecule has 118 valence electrons. The lowest BCUT2D eigenvalue weighted by Gasteiger charge is -2.40. The van der Waals surface area contributed by atoms with Gasteiger partial charge in [-0.1, -0.05) is 0 Å². The van der Waals surface area contributed by atoms with E-state index in [0.29, 0.717) is 18.1 Å². The van der Waals surface area contributed by atoms with Gasteiger partial charge >= 0.3 is 5.97 Å². The van der Waals surface area contributed by atoms with Crippen LogP contribution in [-0.4, -0.2) is 65.4 Å². The third-order valence-corrected chi connectivity index (χ3v) is 6.99. The van der Waals surface area contributed by atoms with Gasteiger partial charge in [-0.15, -0.1) is 11.3 Å². The first-order chi connectivity index (χ1) is 9.65. The highest BCUT2D eigenvalue weighted by Gasteiger charge is 2.39. The van der Waals surface area contributed by atoms with E-state index in [1.54, 1.807) is 25.7 Å². The second-order valence-corrected chi connectivity index (χ2v) is 8.85. The third-order valence-electron chi connectivity index (χ3n) is 3.75. The predicted molar refractivity (Wildman–Crippen MR) is 78.9 cm³/mol. The molecule has 0 unspecified atom stereocenters. The van der Waals surface area contributed by atoms with Crippen molar-refractivity contribution in [3.63, 3.8) is 0 Å². The van der Waals surface area contributed by atoms with Gasteiger partial charge in [-0.05, 0) is 20.8 Å². The van der Waals surface area contributed by atoms with E-state index < -0.39 is 21.5 Å². The standard InChI is InChI=1S/C12H19N3O4S2/c1-9-13-8-10(20-9)21(18,19)15-6-4-14(5-7-15)12(2,3)11(16)17/h8H,4-7H2,1-3H3,(H,16,17). The minimum Gasteiger partial charge on any atom is -0.480 e. The highest BCUT2D eigenvalue weighted by atomic mass is 32.2. The van der Waals surface area contributed by atoms with E-state index in [4.69, 9.17) is 0 Å². The minimum atomic E-state index is -3.52. The van der Waals surface area contributed by atoms with E-state index in [1.807, 2.05) is 0 Å². The van der Waals surface area contributed by atoms with Crippen molar-refractivity contribution >= 4 is 27.3 Å². The van der Waals surface area contributed by atoms with Crippen LogP contribution in [0.3, 0.4) is 0 Å². The number of hydrogen-bond donors (Lipinski definition) is 1. The van der Waals surface area contributed by atoms with Crippen LogP contribution in [0.1, 0.15) is 18.9 Å². The Hall–Kier alpha value is -1.03. The van der Waals surface area contributed by atoms with E-state index in [2.05, 4.69) is 4.98 Å². The molecule has 1 aliphatic heterocycles. The summed E-state index contributed by atoms with van der Waals surface area (Å²) >= 11 is 1.15. The van der Waals surface area contributed by atoms with Gasteiger partial charge in [-0.25, -0.2) is 13.4 Å². The maximum absolute atomic E-state index is 12.5. The Bertz CT molecular complexity index is 631. The number of piperazine rings is 1. The van der Waals surface area contributed by atoms with E-state index in [9.17, 15) is 18.3 Å². The molecular formula is C12H19N3O4S2. The molecule has 1 aromatic heterocycles. The van der Waals surface area contributed by atoms with Crippen molar-refractivity contribution in [2.75, 3.05) is 26.2 Å². The first-order valence-electron chi connectivity index (χ1n) is 6.57. The maximum Gasteiger partial charge on any atom is 0.323 e. The lowest BCUT2D eigenvalue weighted by molar-refractivity contribution is -0.150. The Labute approximate surface area is 128 Å². The summed E-state index contributed by atoms with van der Waals surface area (Å²) in [7, 11) is -3.52. The second-order valence-electron chi connectivity index (χ2n) is 5.45. The molecule has 0 saturated carbocycles. The van der Waals surface area contributed by atoms with Crippen molar-refractivity contribution in [3.05, 3.63) is 11.2 Å². The van der Waals surface area contributed by atoms with Crippen LogP contribution < -0.4 is 0 Å². The summed E-state index contributed by atoms with van der Waals surface area (Å²) in [6.07, 6.45) is 1.38. The predicted octanol–water partition coefficient (Wildman–Crippen LogP) is 0.621. The Kier molecular flexibility index (Phi) is 4.39. The van der Waals surface area contributed by atoms with E-state index in [-0.39, 0.29) is 17.3 Å². The largest absolute Gasteiger partial charge is 0.480 e. The summed E-state index contributed by atoms with van der Waals surface area (Å²) in [6, 6.07) is 0. The molecule has 21 heavy (non-hydrogen) atoms. The first-order valence-corrected chi connectivity index (χ1v) is 8.82. The van der Waals surface area contributed by atoms with Crippen molar-refractivity contribution < 1.29 is 18.3 Å². The van der Waals surface area contributed by atoms with Crippen molar-refractivity contribution in [2.24, 2.45) is 0 Å². The average Bonchev–Trinajstić information content (AvgIpc) is 2.86. The number of carbonyl (C=O) groups is 1. The number of carboxylic acid groups (broad SMARTS) is 1. The number of thiazole rings is 1. The molecule has 0 radical (unpaired) electrons. The van der Waals surface area contributed by atoms with Gasteiger partial charge in [0.25, 0.3) is 10.0 Å². The molecule has 2 rings (SSSR count). The normalized spacial score (nSPS) is 18.8. The molecule has 1 N–H and O–H groups in total. The molecule has 1 aromatic rings. The Morgan fingerprint density at radius 2 is 1.90 bits per heavy atom. The molecule has 2 heterocycles. The molecule has 1 saturated heterocycles. The van der Waals surface area contributed by atoms with E-state index in [0.717, 1.165) is 11.3 Å². The fourth-order valence-corrected chi connectivity index (χ4v) is 4.90. The van der Waals surface area contributed by atoms with Crippen molar-refractivity contribution in [1.29, 1.82) is 0 Å². The SMILES string of the molecule is Cc1ncc(S(=O)(=O)N2CCN(C(C)(C)C(=O)O)CC2)s1. The summed E-state index contributed by atoms with van der Waals surface area (Å²) in [5, 5.41) is 9.93. The minimum absolute atomic E-state index is 0.242. The molecule has 0 bridgehead atoms. The molecule has 0 spiro atoms. The van der Waals surface area contributed by atoms with Crippen molar-refractivity contribution in [1.82, 2.24) is 14.2 Å². The highest BCUT2D eigenvalue weighted by molar-refractivity contribution is 7.91. The van der Waals surface area contributed by atoms with Gasteiger partial charge in [-0.3, -0.25) is 9.69 Å². The molecule has 0 amide bonds. The van der Waals surface area contributed by atoms with Crippen LogP contribution in [0.4, 0.5) is 0 Å². The summed E-state index contributed by atoms with van der Waals surface area (Å²) in [6.45, 7) is 6.40. The molecule has 1 fully saturated rings. The van der Waals surface area contributed by atoms with Crippen LogP contribution in [0, 0.1) is 6.92 Å². The number of rotatable bonds is 4. The van der Waals surface area contributed by atoms with Gasteiger partial charge in [0, 0.05) is 26.2 Å². The van der Waals surface area contributed by atoms with Gasteiger partial charge in [0.05, 0.1) is 11.2 Å². The van der Waals surface area contributed by atoms with E-state index >= 15 is 0 Å². The molecule has 9 heteroatoms. The fraction of sp³-hybridized carbons (Fsp3) is 0.667. The Morgan fingerprint density at radius 1 is 1.33 bits per heavy atom. The summed E-state index contributed by atoms with van der Waals surface area (Å²) < 4.78 is 26.5. The van der Waals surface area contributed by atoms with E-state index in [1.165, 1.54) is 10.5 Å². The van der Waals surface area contributed by atoms with Crippen LogP contribution in [0.25, 0.3) is 0 Å². The Balaban J connectivity index is 2.09. The Morgan fingerprint density at radius 3 is 2.33 bits per heavy atom. The smallest absolute Gasteiger partial charge is 0.323 e. The van der Waals surface area contributed by atoms with Gasteiger partial charge in [0.2, 0.25) is 0 Å². The summed E-state index contributed by atoms with van der Waals surface area (Å²) in [4.78, 5) is 17.0. The number of hydrogen-bond acceptors (Lipinski definition) is 6. The van der Waals surface area contributed by atoms with Gasteiger partial charge in [0.15, 0.2) is 4.21 Å². The van der Waals surface area contributed by atoms with Crippen LogP contribution in [-0.2, 0) is 14.8 Å². The number of carboxylic acids is 1. The number of aryl methyl sites for hydroxylation is 1. The van der Waals surface area contributed by atoms with Crippen LogP contribution >= 0.6 is 11.3 Å². The summed E-state index contributed by atoms with van der Waals surface area (Å²) in [5.74, 6) is -0.906. The number of aromatic nitrogens is 1. The molecule has 0 aromatic carbocycles. The topological polar surface area (TPSA) is 90.8 Å². The zero-order chi connectivity index (χ0) is 15.8. The first kappa shape index (κ1) is 16.3. The van der Waals surface area contributed by atoms with Crippen molar-refractivity contribution in [3.8, 4) is 0 Å². The van der Waals surface area contributed by atoms with Gasteiger partial charge in [-0.2, -0.15) is 4.31 Å². The fourth-order valence-electron chi connectivity index (χ4n) is 2.21. The lowest BCUT2D eigenvalue weighted by atomic mass is 10.0. The molecule has 1 aliphatic rings. The molecule has 0 atom stereocenters. The van der Waals surface area contributed by atoms with Crippen LogP contribution in [0.5, 0.6) is 0 Å². The lowest BCUT2D eigenvalue weighted by Crippen LogP contribution is -2.58. The van der Waals surface area contributed by atoms with Gasteiger partial charge < -0.3 is 5.11 Å². The van der Waals surface area contributed by atoms with Gasteiger partial charge in [0.1, 0.15) is 5.54 Å². The average molecular weight is 333 g/mol. The molecule has 0 aliphatic carbocycles. The number of sulfonamides is 1. The maximum atomic E-state index is 12.5. The monoisotopic (exact) mass is 333 g/mol. The molecular weight excluding hydrogens is 314 g/mol. The quantitative estimate of drug-likeness (QED) is 0.869. The van der Waals surface area contributed by atoms with Crippen LogP contribution in [0.15, 0.2) is 10.4 Å². The zero-order valence-corrected chi connectivity index (χ0v) is 13.9. The third kappa shape index (κ3) is 3.10. The molecule has 7 nitrogen and oxygen atoms in total. The number of nitrogens with zero attached hydrogens (tertiary/aromatic N) is 3.